The van der Waals surface area contributed by atoms with E-state index in [1.807, 2.05) is 12.2 Å². The third-order valence-electron chi connectivity index (χ3n) is 9.26. The molecule has 5 atom stereocenters. The van der Waals surface area contributed by atoms with Gasteiger partial charge in [-0.05, 0) is 85.3 Å². The van der Waals surface area contributed by atoms with Crippen LogP contribution in [0.25, 0.3) is 0 Å². The van der Waals surface area contributed by atoms with Crippen molar-refractivity contribution >= 4 is 11.5 Å². The number of ketones is 1. The van der Waals surface area contributed by atoms with E-state index >= 15 is 0 Å². The van der Waals surface area contributed by atoms with Crippen LogP contribution >= 0.6 is 0 Å². The van der Waals surface area contributed by atoms with Crippen LogP contribution in [0.4, 0.5) is 5.69 Å². The molecule has 4 heteroatoms. The maximum Gasteiger partial charge on any atom is 0.156 e. The van der Waals surface area contributed by atoms with Crippen molar-refractivity contribution in [1.29, 1.82) is 0 Å². The van der Waals surface area contributed by atoms with Crippen molar-refractivity contribution in [1.82, 2.24) is 0 Å². The molecule has 33 heavy (non-hydrogen) atoms. The third kappa shape index (κ3) is 3.54. The number of carbonyl (C=O) groups is 1. The summed E-state index contributed by atoms with van der Waals surface area (Å²) in [6, 6.07) is 8.91. The summed E-state index contributed by atoms with van der Waals surface area (Å²) in [7, 11) is 4.12. The summed E-state index contributed by atoms with van der Waals surface area (Å²) < 4.78 is 0. The predicted octanol–water partition coefficient (Wildman–Crippen LogP) is 4.93. The highest BCUT2D eigenvalue weighted by Gasteiger charge is 2.61. The average molecular weight is 448 g/mol. The van der Waals surface area contributed by atoms with E-state index in [-0.39, 0.29) is 23.7 Å². The zero-order valence-corrected chi connectivity index (χ0v) is 20.2. The van der Waals surface area contributed by atoms with Crippen LogP contribution in [0.15, 0.2) is 59.2 Å². The molecule has 2 N–H and O–H groups in total. The quantitative estimate of drug-likeness (QED) is 0.643. The summed E-state index contributed by atoms with van der Waals surface area (Å²) in [5.41, 5.74) is 5.62. The summed E-state index contributed by atoms with van der Waals surface area (Å²) in [4.78, 5) is 14.3. The van der Waals surface area contributed by atoms with E-state index in [4.69, 9.17) is 0 Å². The van der Waals surface area contributed by atoms with Crippen molar-refractivity contribution in [3.05, 3.63) is 64.8 Å². The van der Waals surface area contributed by atoms with Crippen LogP contribution in [0.5, 0.6) is 0 Å². The highest BCUT2D eigenvalue weighted by atomic mass is 16.3. The molecule has 4 nitrogen and oxygen atoms in total. The summed E-state index contributed by atoms with van der Waals surface area (Å²) in [6.45, 7) is 2.24. The van der Waals surface area contributed by atoms with Crippen LogP contribution in [0.2, 0.25) is 0 Å². The minimum atomic E-state index is -0.892. The van der Waals surface area contributed by atoms with Crippen molar-refractivity contribution in [2.45, 2.75) is 63.4 Å². The summed E-state index contributed by atoms with van der Waals surface area (Å²) >= 11 is 0. The van der Waals surface area contributed by atoms with E-state index in [0.717, 1.165) is 38.5 Å². The van der Waals surface area contributed by atoms with Crippen LogP contribution in [-0.4, -0.2) is 42.3 Å². The van der Waals surface area contributed by atoms with Crippen LogP contribution in [0, 0.1) is 17.3 Å². The number of fused-ring (bicyclic) bond motifs is 4. The number of nitrogens with zero attached hydrogens (tertiary/aromatic N) is 1. The monoisotopic (exact) mass is 447 g/mol. The fourth-order valence-electron chi connectivity index (χ4n) is 7.52. The molecular formula is C29H37NO3. The van der Waals surface area contributed by atoms with Gasteiger partial charge in [0.15, 0.2) is 5.78 Å². The standard InChI is InChI=1S/C29H37NO3/c1-28-18-25(19-5-8-21(9-6-19)30(2)3)27-23-12-10-22(32)17-20(23)7-11-24(27)26(28)13-15-29(28,33)14-4-16-31/h4-6,8-9,14,17,24-26,31,33H,7,10-13,15-16,18H2,1-3H3/b14-4-/t24?,25-,26?,28+,29+/m1/s1. The molecule has 5 rings (SSSR count). The van der Waals surface area contributed by atoms with Gasteiger partial charge in [-0.15, -0.1) is 0 Å². The molecular weight excluding hydrogens is 410 g/mol. The summed E-state index contributed by atoms with van der Waals surface area (Å²) in [5.74, 6) is 1.38. The van der Waals surface area contributed by atoms with Gasteiger partial charge in [0, 0.05) is 37.5 Å². The Bertz CT molecular complexity index is 1030. The number of aliphatic hydroxyl groups excluding tert-OH is 1. The molecule has 2 fully saturated rings. The van der Waals surface area contributed by atoms with Crippen LogP contribution in [-0.2, 0) is 4.79 Å². The number of aliphatic hydroxyl groups is 2. The van der Waals surface area contributed by atoms with Gasteiger partial charge in [-0.3, -0.25) is 4.79 Å². The first-order chi connectivity index (χ1) is 15.8. The highest BCUT2D eigenvalue weighted by molar-refractivity contribution is 5.93. The lowest BCUT2D eigenvalue weighted by atomic mass is 9.51. The van der Waals surface area contributed by atoms with E-state index in [1.165, 1.54) is 22.4 Å². The van der Waals surface area contributed by atoms with Gasteiger partial charge in [0.05, 0.1) is 12.2 Å². The van der Waals surface area contributed by atoms with Crippen molar-refractivity contribution in [3.63, 3.8) is 0 Å². The maximum atomic E-state index is 12.2. The number of hydrogen-bond acceptors (Lipinski definition) is 4. The predicted molar refractivity (Wildman–Crippen MR) is 132 cm³/mol. The molecule has 0 heterocycles. The Kier molecular flexibility index (Phi) is 5.65. The van der Waals surface area contributed by atoms with E-state index in [0.29, 0.717) is 18.3 Å². The Balaban J connectivity index is 1.65. The minimum Gasteiger partial charge on any atom is -0.392 e. The lowest BCUT2D eigenvalue weighted by Crippen LogP contribution is -2.50. The second-order valence-electron chi connectivity index (χ2n) is 11.0. The van der Waals surface area contributed by atoms with Gasteiger partial charge in [0.1, 0.15) is 0 Å². The van der Waals surface area contributed by atoms with Gasteiger partial charge >= 0.3 is 0 Å². The van der Waals surface area contributed by atoms with Crippen LogP contribution in [0.1, 0.15) is 63.4 Å². The molecule has 1 aromatic carbocycles. The smallest absolute Gasteiger partial charge is 0.156 e. The molecule has 0 aliphatic heterocycles. The Morgan fingerprint density at radius 3 is 2.58 bits per heavy atom. The molecule has 176 valence electrons. The second-order valence-corrected chi connectivity index (χ2v) is 11.0. The topological polar surface area (TPSA) is 60.8 Å². The molecule has 2 saturated carbocycles. The van der Waals surface area contributed by atoms with Crippen molar-refractivity contribution in [2.75, 3.05) is 25.6 Å². The number of benzene rings is 1. The van der Waals surface area contributed by atoms with Gasteiger partial charge in [-0.2, -0.15) is 0 Å². The van der Waals surface area contributed by atoms with Crippen molar-refractivity contribution in [3.8, 4) is 0 Å². The van der Waals surface area contributed by atoms with Gasteiger partial charge in [0.25, 0.3) is 0 Å². The average Bonchev–Trinajstić information content (AvgIpc) is 3.07. The fourth-order valence-corrected chi connectivity index (χ4v) is 7.52. The van der Waals surface area contributed by atoms with Crippen molar-refractivity contribution in [2.24, 2.45) is 17.3 Å². The second kappa shape index (κ2) is 8.25. The first kappa shape index (κ1) is 22.6. The lowest BCUT2D eigenvalue weighted by molar-refractivity contribution is -0.114. The molecule has 2 unspecified atom stereocenters. The molecule has 4 aliphatic rings. The normalized spacial score (nSPS) is 35.8. The zero-order valence-electron chi connectivity index (χ0n) is 20.2. The Morgan fingerprint density at radius 1 is 1.12 bits per heavy atom. The SMILES string of the molecule is CN(C)c1ccc([C@H]2C[C@@]3(C)C(CC[C@@]3(O)/C=C\CO)C3CCC4=CC(=O)CCC4=C32)cc1. The summed E-state index contributed by atoms with van der Waals surface area (Å²) in [6.07, 6.45) is 11.7. The number of carbonyl (C=O) groups excluding carboxylic acids is 1. The molecule has 0 spiro atoms. The zero-order chi connectivity index (χ0) is 23.4. The van der Waals surface area contributed by atoms with Gasteiger partial charge in [-0.25, -0.2) is 0 Å². The molecule has 0 amide bonds. The van der Waals surface area contributed by atoms with E-state index < -0.39 is 5.60 Å². The van der Waals surface area contributed by atoms with Crippen LogP contribution < -0.4 is 4.90 Å². The van der Waals surface area contributed by atoms with E-state index in [2.05, 4.69) is 50.2 Å². The van der Waals surface area contributed by atoms with Gasteiger partial charge in [-0.1, -0.05) is 36.8 Å². The minimum absolute atomic E-state index is 0.0423. The number of hydrogen-bond donors (Lipinski definition) is 2. The fraction of sp³-hybridized carbons (Fsp3) is 0.552. The first-order valence-electron chi connectivity index (χ1n) is 12.5. The first-order valence-corrected chi connectivity index (χ1v) is 12.5. The Labute approximate surface area is 197 Å². The molecule has 0 bridgehead atoms. The number of rotatable bonds is 4. The molecule has 0 saturated heterocycles. The Morgan fingerprint density at radius 2 is 1.88 bits per heavy atom. The van der Waals surface area contributed by atoms with E-state index in [9.17, 15) is 15.0 Å². The molecule has 4 aliphatic carbocycles. The van der Waals surface area contributed by atoms with Crippen LogP contribution in [0.3, 0.4) is 0 Å². The molecule has 0 radical (unpaired) electrons. The van der Waals surface area contributed by atoms with E-state index in [1.54, 1.807) is 11.6 Å². The maximum absolute atomic E-state index is 12.2. The van der Waals surface area contributed by atoms with Gasteiger partial charge < -0.3 is 15.1 Å². The molecule has 0 aromatic heterocycles. The largest absolute Gasteiger partial charge is 0.392 e. The number of allylic oxidation sites excluding steroid dienone is 4. The Hall–Kier alpha value is -2.17. The number of anilines is 1. The van der Waals surface area contributed by atoms with Crippen molar-refractivity contribution < 1.29 is 15.0 Å². The summed E-state index contributed by atoms with van der Waals surface area (Å²) in [5, 5.41) is 21.3. The molecule has 1 aromatic rings. The third-order valence-corrected chi connectivity index (χ3v) is 9.26. The highest BCUT2D eigenvalue weighted by Crippen LogP contribution is 2.67. The lowest BCUT2D eigenvalue weighted by Gasteiger charge is -2.54. The van der Waals surface area contributed by atoms with Gasteiger partial charge in [0.2, 0.25) is 0 Å².